The Balaban J connectivity index is 1.60. The lowest BCUT2D eigenvalue weighted by atomic mass is 10.1. The summed E-state index contributed by atoms with van der Waals surface area (Å²) in [5.41, 5.74) is 1.68. The molecule has 0 radical (unpaired) electrons. The first-order valence-electron chi connectivity index (χ1n) is 7.61. The van der Waals surface area contributed by atoms with Crippen LogP contribution in [0.4, 0.5) is 5.69 Å². The van der Waals surface area contributed by atoms with Crippen molar-refractivity contribution in [2.75, 3.05) is 11.4 Å². The first-order chi connectivity index (χ1) is 11.5. The van der Waals surface area contributed by atoms with Crippen molar-refractivity contribution < 1.29 is 9.59 Å². The molecule has 1 aliphatic heterocycles. The summed E-state index contributed by atoms with van der Waals surface area (Å²) in [6.07, 6.45) is 0.207. The van der Waals surface area contributed by atoms with E-state index in [-0.39, 0.29) is 24.2 Å². The third kappa shape index (κ3) is 3.89. The molecule has 2 amide bonds. The summed E-state index contributed by atoms with van der Waals surface area (Å²) in [6.45, 7) is 0.781. The highest BCUT2D eigenvalue weighted by Crippen LogP contribution is 2.27. The lowest BCUT2D eigenvalue weighted by Gasteiger charge is -2.17. The Bertz CT molecular complexity index is 762. The van der Waals surface area contributed by atoms with Gasteiger partial charge in [0.05, 0.1) is 5.92 Å². The van der Waals surface area contributed by atoms with Crippen LogP contribution in [0.3, 0.4) is 0 Å². The Labute approximate surface area is 150 Å². The maximum absolute atomic E-state index is 12.3. The van der Waals surface area contributed by atoms with Crippen molar-refractivity contribution >= 4 is 40.7 Å². The van der Waals surface area contributed by atoms with Gasteiger partial charge in [-0.25, -0.2) is 0 Å². The van der Waals surface area contributed by atoms with Crippen molar-refractivity contribution in [3.63, 3.8) is 0 Å². The van der Waals surface area contributed by atoms with Gasteiger partial charge in [0.1, 0.15) is 0 Å². The zero-order valence-corrected chi connectivity index (χ0v) is 14.3. The van der Waals surface area contributed by atoms with E-state index in [1.54, 1.807) is 35.2 Å². The van der Waals surface area contributed by atoms with Gasteiger partial charge in [0.2, 0.25) is 11.8 Å². The quantitative estimate of drug-likeness (QED) is 0.901. The SMILES string of the molecule is O=C(NCc1ccc(Cl)cc1)C1CC(=O)N(c2cccc(Cl)c2)C1. The molecule has 6 heteroatoms. The van der Waals surface area contributed by atoms with Crippen LogP contribution in [0, 0.1) is 5.92 Å². The molecule has 24 heavy (non-hydrogen) atoms. The fourth-order valence-electron chi connectivity index (χ4n) is 2.71. The summed E-state index contributed by atoms with van der Waals surface area (Å²) in [7, 11) is 0. The highest BCUT2D eigenvalue weighted by Gasteiger charge is 2.35. The molecule has 2 aromatic rings. The van der Waals surface area contributed by atoms with Crippen LogP contribution in [0.5, 0.6) is 0 Å². The minimum Gasteiger partial charge on any atom is -0.352 e. The van der Waals surface area contributed by atoms with Crippen molar-refractivity contribution in [3.05, 3.63) is 64.1 Å². The van der Waals surface area contributed by atoms with E-state index in [2.05, 4.69) is 5.32 Å². The van der Waals surface area contributed by atoms with Crippen molar-refractivity contribution in [1.29, 1.82) is 0 Å². The van der Waals surface area contributed by atoms with Gasteiger partial charge < -0.3 is 10.2 Å². The molecule has 2 aromatic carbocycles. The van der Waals surface area contributed by atoms with Crippen LogP contribution in [0.1, 0.15) is 12.0 Å². The molecule has 1 N–H and O–H groups in total. The number of hydrogen-bond acceptors (Lipinski definition) is 2. The van der Waals surface area contributed by atoms with E-state index in [9.17, 15) is 9.59 Å². The molecule has 0 bridgehead atoms. The van der Waals surface area contributed by atoms with E-state index in [0.29, 0.717) is 23.1 Å². The molecule has 0 aromatic heterocycles. The molecule has 1 fully saturated rings. The molecular weight excluding hydrogens is 347 g/mol. The summed E-state index contributed by atoms with van der Waals surface area (Å²) in [6, 6.07) is 14.4. The Morgan fingerprint density at radius 1 is 1.12 bits per heavy atom. The minimum atomic E-state index is -0.358. The first kappa shape index (κ1) is 16.8. The molecule has 0 saturated carbocycles. The van der Waals surface area contributed by atoms with Gasteiger partial charge in [-0.3, -0.25) is 9.59 Å². The molecule has 1 unspecified atom stereocenters. The number of benzene rings is 2. The van der Waals surface area contributed by atoms with Crippen molar-refractivity contribution in [1.82, 2.24) is 5.32 Å². The Morgan fingerprint density at radius 3 is 2.58 bits per heavy atom. The van der Waals surface area contributed by atoms with E-state index in [0.717, 1.165) is 11.3 Å². The second-order valence-corrected chi connectivity index (χ2v) is 6.60. The third-order valence-electron chi connectivity index (χ3n) is 4.00. The summed E-state index contributed by atoms with van der Waals surface area (Å²) in [5, 5.41) is 4.10. The van der Waals surface area contributed by atoms with Crippen LogP contribution in [0.2, 0.25) is 10.0 Å². The van der Waals surface area contributed by atoms with Gasteiger partial charge in [-0.1, -0.05) is 41.4 Å². The Kier molecular flexibility index (Phi) is 5.07. The second-order valence-electron chi connectivity index (χ2n) is 5.73. The summed E-state index contributed by atoms with van der Waals surface area (Å²) in [4.78, 5) is 26.1. The molecule has 4 nitrogen and oxygen atoms in total. The van der Waals surface area contributed by atoms with Gasteiger partial charge in [0.25, 0.3) is 0 Å². The average Bonchev–Trinajstić information content (AvgIpc) is 2.96. The molecular formula is C18H16Cl2N2O2. The molecule has 1 atom stereocenters. The zero-order valence-electron chi connectivity index (χ0n) is 12.8. The van der Waals surface area contributed by atoms with Gasteiger partial charge >= 0.3 is 0 Å². The number of nitrogens with one attached hydrogen (secondary N) is 1. The second kappa shape index (κ2) is 7.24. The molecule has 3 rings (SSSR count). The molecule has 124 valence electrons. The van der Waals surface area contributed by atoms with Gasteiger partial charge in [0, 0.05) is 35.2 Å². The molecule has 0 aliphatic carbocycles. The monoisotopic (exact) mass is 362 g/mol. The first-order valence-corrected chi connectivity index (χ1v) is 8.36. The topological polar surface area (TPSA) is 49.4 Å². The summed E-state index contributed by atoms with van der Waals surface area (Å²) < 4.78 is 0. The number of carbonyl (C=O) groups is 2. The lowest BCUT2D eigenvalue weighted by Crippen LogP contribution is -2.32. The fraction of sp³-hybridized carbons (Fsp3) is 0.222. The highest BCUT2D eigenvalue weighted by molar-refractivity contribution is 6.31. The van der Waals surface area contributed by atoms with Crippen LogP contribution < -0.4 is 10.2 Å². The van der Waals surface area contributed by atoms with Crippen molar-refractivity contribution in [2.24, 2.45) is 5.92 Å². The van der Waals surface area contributed by atoms with Crippen molar-refractivity contribution in [2.45, 2.75) is 13.0 Å². The maximum atomic E-state index is 12.3. The van der Waals surface area contributed by atoms with Crippen LogP contribution >= 0.6 is 23.2 Å². The predicted molar refractivity (Wildman–Crippen MR) is 95.2 cm³/mol. The fourth-order valence-corrected chi connectivity index (χ4v) is 3.02. The Hall–Kier alpha value is -2.04. The van der Waals surface area contributed by atoms with E-state index in [1.807, 2.05) is 18.2 Å². The molecule has 1 saturated heterocycles. The number of carbonyl (C=O) groups excluding carboxylic acids is 2. The van der Waals surface area contributed by atoms with E-state index >= 15 is 0 Å². The van der Waals surface area contributed by atoms with E-state index in [4.69, 9.17) is 23.2 Å². The van der Waals surface area contributed by atoms with Gasteiger partial charge in [-0.2, -0.15) is 0 Å². The minimum absolute atomic E-state index is 0.0658. The van der Waals surface area contributed by atoms with Crippen LogP contribution in [-0.4, -0.2) is 18.4 Å². The number of halogens is 2. The number of hydrogen-bond donors (Lipinski definition) is 1. The summed E-state index contributed by atoms with van der Waals surface area (Å²) in [5.74, 6) is -0.546. The molecule has 1 heterocycles. The normalized spacial score (nSPS) is 17.2. The van der Waals surface area contributed by atoms with E-state index in [1.165, 1.54) is 0 Å². The lowest BCUT2D eigenvalue weighted by molar-refractivity contribution is -0.126. The summed E-state index contributed by atoms with van der Waals surface area (Å²) >= 11 is 11.8. The van der Waals surface area contributed by atoms with Crippen molar-refractivity contribution in [3.8, 4) is 0 Å². The smallest absolute Gasteiger partial charge is 0.227 e. The largest absolute Gasteiger partial charge is 0.352 e. The van der Waals surface area contributed by atoms with Crippen LogP contribution in [0.25, 0.3) is 0 Å². The van der Waals surface area contributed by atoms with Gasteiger partial charge in [-0.15, -0.1) is 0 Å². The number of nitrogens with zero attached hydrogens (tertiary/aromatic N) is 1. The van der Waals surface area contributed by atoms with E-state index < -0.39 is 0 Å². The Morgan fingerprint density at radius 2 is 1.88 bits per heavy atom. The van der Waals surface area contributed by atoms with Gasteiger partial charge in [-0.05, 0) is 35.9 Å². The maximum Gasteiger partial charge on any atom is 0.227 e. The zero-order chi connectivity index (χ0) is 17.1. The van der Waals surface area contributed by atoms with Gasteiger partial charge in [0.15, 0.2) is 0 Å². The predicted octanol–water partition coefficient (Wildman–Crippen LogP) is 3.66. The number of anilines is 1. The number of rotatable bonds is 4. The van der Waals surface area contributed by atoms with Crippen LogP contribution in [0.15, 0.2) is 48.5 Å². The average molecular weight is 363 g/mol. The molecule has 1 aliphatic rings. The molecule has 0 spiro atoms. The standard InChI is InChI=1S/C18H16Cl2N2O2/c19-14-6-4-12(5-7-14)10-21-18(24)13-8-17(23)22(11-13)16-3-1-2-15(20)9-16/h1-7,9,13H,8,10-11H2,(H,21,24). The highest BCUT2D eigenvalue weighted by atomic mass is 35.5. The third-order valence-corrected chi connectivity index (χ3v) is 4.48. The van der Waals surface area contributed by atoms with Crippen LogP contribution in [-0.2, 0) is 16.1 Å². The number of amides is 2.